The summed E-state index contributed by atoms with van der Waals surface area (Å²) in [4.78, 5) is 32.5. The monoisotopic (exact) mass is 485 g/mol. The van der Waals surface area contributed by atoms with E-state index in [0.717, 1.165) is 37.2 Å². The van der Waals surface area contributed by atoms with Gasteiger partial charge in [0.2, 0.25) is 5.91 Å². The zero-order chi connectivity index (χ0) is 23.2. The summed E-state index contributed by atoms with van der Waals surface area (Å²) in [5.74, 6) is 0.449. The molecule has 1 fully saturated rings. The van der Waals surface area contributed by atoms with Gasteiger partial charge in [-0.2, -0.15) is 0 Å². The summed E-state index contributed by atoms with van der Waals surface area (Å²) in [6.45, 7) is 4.78. The highest BCUT2D eigenvalue weighted by molar-refractivity contribution is 8.00. The molecule has 0 radical (unpaired) electrons. The number of carbonyl (C=O) groups is 2. The lowest BCUT2D eigenvalue weighted by molar-refractivity contribution is -0.129. The topological polar surface area (TPSA) is 52.7 Å². The molecule has 1 N–H and O–H groups in total. The van der Waals surface area contributed by atoms with Gasteiger partial charge in [0.25, 0.3) is 5.91 Å². The van der Waals surface area contributed by atoms with Gasteiger partial charge in [0.15, 0.2) is 0 Å². The first-order chi connectivity index (χ1) is 16.0. The van der Waals surface area contributed by atoms with Crippen molar-refractivity contribution in [1.29, 1.82) is 0 Å². The van der Waals surface area contributed by atoms with Gasteiger partial charge in [0, 0.05) is 48.5 Å². The van der Waals surface area contributed by atoms with Crippen LogP contribution in [0.1, 0.15) is 59.8 Å². The second kappa shape index (κ2) is 11.5. The number of rotatable bonds is 8. The summed E-state index contributed by atoms with van der Waals surface area (Å²) in [5.41, 5.74) is 2.08. The Morgan fingerprint density at radius 3 is 2.82 bits per heavy atom. The first-order valence-corrected chi connectivity index (χ1v) is 13.9. The predicted octanol–water partition coefficient (Wildman–Crippen LogP) is 4.81. The van der Waals surface area contributed by atoms with E-state index in [1.54, 1.807) is 0 Å². The zero-order valence-electron chi connectivity index (χ0n) is 19.7. The van der Waals surface area contributed by atoms with E-state index in [9.17, 15) is 9.59 Å². The van der Waals surface area contributed by atoms with Gasteiger partial charge in [0.1, 0.15) is 0 Å². The van der Waals surface area contributed by atoms with Crippen molar-refractivity contribution in [2.75, 3.05) is 25.9 Å². The quantitative estimate of drug-likeness (QED) is 0.546. The minimum Gasteiger partial charge on any atom is -0.350 e. The Hall–Kier alpha value is -1.83. The van der Waals surface area contributed by atoms with Crippen LogP contribution < -0.4 is 5.32 Å². The Morgan fingerprint density at radius 1 is 1.21 bits per heavy atom. The number of amides is 2. The molecular weight excluding hydrogens is 450 g/mol. The number of hydrogen-bond acceptors (Lipinski definition) is 5. The molecule has 1 aliphatic heterocycles. The van der Waals surface area contributed by atoms with E-state index in [1.165, 1.54) is 41.5 Å². The highest BCUT2D eigenvalue weighted by atomic mass is 32.2. The van der Waals surface area contributed by atoms with Crippen LogP contribution in [0.3, 0.4) is 0 Å². The molecular formula is C26H35N3O2S2. The molecule has 0 spiro atoms. The van der Waals surface area contributed by atoms with E-state index in [4.69, 9.17) is 0 Å². The minimum atomic E-state index is -0.0636. The van der Waals surface area contributed by atoms with Crippen LogP contribution in [0.25, 0.3) is 0 Å². The Balaban J connectivity index is 1.29. The van der Waals surface area contributed by atoms with Crippen LogP contribution >= 0.6 is 23.1 Å². The average Bonchev–Trinajstić information content (AvgIpc) is 3.34. The van der Waals surface area contributed by atoms with E-state index < -0.39 is 0 Å². The normalized spacial score (nSPS) is 17.9. The molecule has 1 atom stereocenters. The lowest BCUT2D eigenvalue weighted by atomic mass is 9.94. The van der Waals surface area contributed by atoms with Crippen LogP contribution in [0.15, 0.2) is 40.6 Å². The molecule has 2 aliphatic rings. The first-order valence-electron chi connectivity index (χ1n) is 12.1. The van der Waals surface area contributed by atoms with Crippen molar-refractivity contribution in [1.82, 2.24) is 15.1 Å². The molecule has 1 aliphatic carbocycles. The maximum atomic E-state index is 13.0. The molecule has 1 aromatic carbocycles. The lowest BCUT2D eigenvalue weighted by Crippen LogP contribution is -2.44. The third kappa shape index (κ3) is 6.19. The van der Waals surface area contributed by atoms with Crippen LogP contribution in [0.2, 0.25) is 0 Å². The molecule has 1 saturated carbocycles. The Bertz CT molecular complexity index is 955. The molecule has 178 valence electrons. The van der Waals surface area contributed by atoms with Crippen LogP contribution in [-0.2, 0) is 17.8 Å². The highest BCUT2D eigenvalue weighted by Gasteiger charge is 2.24. The summed E-state index contributed by atoms with van der Waals surface area (Å²) in [5, 5.41) is 5.30. The number of hydrogen-bond donors (Lipinski definition) is 1. The van der Waals surface area contributed by atoms with Crippen molar-refractivity contribution in [3.05, 3.63) is 51.7 Å². The molecule has 1 aromatic heterocycles. The third-order valence-corrected chi connectivity index (χ3v) is 9.10. The van der Waals surface area contributed by atoms with Gasteiger partial charge in [-0.15, -0.1) is 23.1 Å². The molecule has 2 amide bonds. The lowest BCUT2D eigenvalue weighted by Gasteiger charge is -2.32. The molecule has 0 saturated heterocycles. The fraction of sp³-hybridized carbons (Fsp3) is 0.538. The van der Waals surface area contributed by atoms with Gasteiger partial charge in [-0.05, 0) is 55.3 Å². The number of thioether (sulfide) groups is 1. The number of fused-ring (bicyclic) bond motifs is 1. The molecule has 33 heavy (non-hydrogen) atoms. The molecule has 2 aromatic rings. The molecule has 5 nitrogen and oxygen atoms in total. The van der Waals surface area contributed by atoms with Crippen molar-refractivity contribution >= 4 is 34.9 Å². The second-order valence-corrected chi connectivity index (χ2v) is 11.2. The first kappa shape index (κ1) is 24.3. The maximum absolute atomic E-state index is 13.0. The Morgan fingerprint density at radius 2 is 2.00 bits per heavy atom. The second-order valence-electron chi connectivity index (χ2n) is 9.23. The van der Waals surface area contributed by atoms with Crippen LogP contribution in [0.5, 0.6) is 0 Å². The Kier molecular flexibility index (Phi) is 8.50. The smallest absolute Gasteiger partial charge is 0.252 e. The molecule has 1 unspecified atom stereocenters. The zero-order valence-corrected chi connectivity index (χ0v) is 21.4. The van der Waals surface area contributed by atoms with Crippen molar-refractivity contribution in [2.45, 2.75) is 69.0 Å². The SMILES string of the molecule is CC(CNC(=O)c1ccccc1SCC(=O)N(C)C1CCCCC1)N1CCc2sccc2C1. The van der Waals surface area contributed by atoms with Crippen molar-refractivity contribution in [2.24, 2.45) is 0 Å². The molecule has 7 heteroatoms. The molecule has 0 bridgehead atoms. The van der Waals surface area contributed by atoms with Gasteiger partial charge < -0.3 is 10.2 Å². The van der Waals surface area contributed by atoms with Crippen LogP contribution in [-0.4, -0.2) is 59.6 Å². The van der Waals surface area contributed by atoms with Gasteiger partial charge in [-0.3, -0.25) is 14.5 Å². The van der Waals surface area contributed by atoms with E-state index in [1.807, 2.05) is 47.5 Å². The summed E-state index contributed by atoms with van der Waals surface area (Å²) < 4.78 is 0. The number of thiophene rings is 1. The van der Waals surface area contributed by atoms with E-state index in [2.05, 4.69) is 28.6 Å². The number of nitrogens with zero attached hydrogens (tertiary/aromatic N) is 2. The fourth-order valence-electron chi connectivity index (χ4n) is 4.80. The third-order valence-electron chi connectivity index (χ3n) is 7.02. The van der Waals surface area contributed by atoms with E-state index >= 15 is 0 Å². The summed E-state index contributed by atoms with van der Waals surface area (Å²) >= 11 is 3.32. The summed E-state index contributed by atoms with van der Waals surface area (Å²) in [7, 11) is 1.93. The number of benzene rings is 1. The number of nitrogens with one attached hydrogen (secondary N) is 1. The summed E-state index contributed by atoms with van der Waals surface area (Å²) in [6.07, 6.45) is 7.00. The largest absolute Gasteiger partial charge is 0.350 e. The van der Waals surface area contributed by atoms with Crippen molar-refractivity contribution < 1.29 is 9.59 Å². The maximum Gasteiger partial charge on any atom is 0.252 e. The highest BCUT2D eigenvalue weighted by Crippen LogP contribution is 2.27. The van der Waals surface area contributed by atoms with Crippen LogP contribution in [0, 0.1) is 0 Å². The average molecular weight is 486 g/mol. The summed E-state index contributed by atoms with van der Waals surface area (Å²) in [6, 6.07) is 10.5. The Labute approximate surface area is 205 Å². The van der Waals surface area contributed by atoms with Gasteiger partial charge in [-0.1, -0.05) is 31.4 Å². The van der Waals surface area contributed by atoms with Crippen molar-refractivity contribution in [3.8, 4) is 0 Å². The van der Waals surface area contributed by atoms with E-state index in [0.29, 0.717) is 23.9 Å². The standard InChI is InChI=1S/C26H35N3O2S2/c1-19(29-14-12-23-20(17-29)13-15-32-23)16-27-26(31)22-10-6-7-11-24(22)33-18-25(30)28(2)21-8-4-3-5-9-21/h6-7,10-11,13,15,19,21H,3-5,8-9,12,14,16-18H2,1-2H3,(H,27,31). The van der Waals surface area contributed by atoms with Gasteiger partial charge in [-0.25, -0.2) is 0 Å². The van der Waals surface area contributed by atoms with E-state index in [-0.39, 0.29) is 17.9 Å². The minimum absolute atomic E-state index is 0.0636. The fourth-order valence-corrected chi connectivity index (χ4v) is 6.67. The molecule has 2 heterocycles. The number of carbonyl (C=O) groups excluding carboxylic acids is 2. The van der Waals surface area contributed by atoms with Crippen molar-refractivity contribution in [3.63, 3.8) is 0 Å². The molecule has 4 rings (SSSR count). The van der Waals surface area contributed by atoms with Gasteiger partial charge >= 0.3 is 0 Å². The van der Waals surface area contributed by atoms with Gasteiger partial charge in [0.05, 0.1) is 11.3 Å². The van der Waals surface area contributed by atoms with Crippen LogP contribution in [0.4, 0.5) is 0 Å². The predicted molar refractivity (Wildman–Crippen MR) is 137 cm³/mol.